The lowest BCUT2D eigenvalue weighted by Gasteiger charge is -2.40. The number of aliphatic hydroxyl groups is 1. The van der Waals surface area contributed by atoms with E-state index in [0.717, 1.165) is 38.2 Å². The van der Waals surface area contributed by atoms with Gasteiger partial charge in [0.25, 0.3) is 11.5 Å². The van der Waals surface area contributed by atoms with Gasteiger partial charge in [0, 0.05) is 88.9 Å². The summed E-state index contributed by atoms with van der Waals surface area (Å²) in [6, 6.07) is 9.35. The molecule has 0 radical (unpaired) electrons. The van der Waals surface area contributed by atoms with E-state index in [-0.39, 0.29) is 63.1 Å². The molecule has 8 rings (SSSR count). The van der Waals surface area contributed by atoms with Gasteiger partial charge in [-0.25, -0.2) is 9.37 Å². The maximum Gasteiger partial charge on any atom is 0.259 e. The van der Waals surface area contributed by atoms with Gasteiger partial charge in [0.15, 0.2) is 5.67 Å². The van der Waals surface area contributed by atoms with E-state index < -0.39 is 47.0 Å². The number of methoxy groups -OCH3 is 2. The number of fused-ring (bicyclic) bond motifs is 1. The molecule has 0 bridgehead atoms. The van der Waals surface area contributed by atoms with Gasteiger partial charge in [-0.05, 0) is 78.8 Å². The lowest BCUT2D eigenvalue weighted by Crippen LogP contribution is -2.59. The second kappa shape index (κ2) is 23.0. The van der Waals surface area contributed by atoms with Gasteiger partial charge >= 0.3 is 0 Å². The second-order valence-electron chi connectivity index (χ2n) is 20.6. The number of nitrogens with zero attached hydrogens (tertiary/aromatic N) is 5. The molecule has 2 saturated heterocycles. The second-order valence-corrected chi connectivity index (χ2v) is 21.4. The summed E-state index contributed by atoms with van der Waals surface area (Å²) >= 11 is 1.50. The lowest BCUT2D eigenvalue weighted by molar-refractivity contribution is -0.145. The zero-order valence-corrected chi connectivity index (χ0v) is 43.9. The maximum atomic E-state index is 14.7. The van der Waals surface area contributed by atoms with E-state index in [4.69, 9.17) is 18.9 Å². The number of pyridine rings is 2. The molecule has 3 fully saturated rings. The first-order valence-corrected chi connectivity index (χ1v) is 26.0. The number of benzene rings is 2. The van der Waals surface area contributed by atoms with Gasteiger partial charge in [-0.3, -0.25) is 33.9 Å². The Hall–Kier alpha value is -6.48. The lowest BCUT2D eigenvalue weighted by atomic mass is 9.85. The molecule has 18 nitrogen and oxygen atoms in total. The molecule has 3 aromatic heterocycles. The molecule has 74 heavy (non-hydrogen) atoms. The summed E-state index contributed by atoms with van der Waals surface area (Å²) in [5, 5.41) is 20.6. The maximum absolute atomic E-state index is 14.7. The fourth-order valence-corrected chi connectivity index (χ4v) is 10.3. The number of hydrogen-bond donors (Lipinski definition) is 4. The molecule has 396 valence electrons. The number of halogens is 1. The van der Waals surface area contributed by atoms with Gasteiger partial charge in [0.2, 0.25) is 17.7 Å². The van der Waals surface area contributed by atoms with Crippen molar-refractivity contribution in [2.24, 2.45) is 12.5 Å². The van der Waals surface area contributed by atoms with E-state index >= 15 is 0 Å². The average Bonchev–Trinajstić information content (AvgIpc) is 3.77. The number of ether oxygens (including phenoxy) is 4. The van der Waals surface area contributed by atoms with Gasteiger partial charge < -0.3 is 49.5 Å². The fraction of sp³-hybridized carbons (Fsp3) is 0.500. The monoisotopic (exact) mass is 1040 g/mol. The number of carbonyl (C=O) groups excluding carboxylic acids is 4. The highest BCUT2D eigenvalue weighted by Crippen LogP contribution is 2.41. The Morgan fingerprint density at radius 1 is 0.959 bits per heavy atom. The zero-order valence-electron chi connectivity index (χ0n) is 43.1. The van der Waals surface area contributed by atoms with Crippen LogP contribution in [-0.2, 0) is 44.1 Å². The summed E-state index contributed by atoms with van der Waals surface area (Å²) in [7, 11) is 4.97. The first-order valence-electron chi connectivity index (χ1n) is 25.1. The van der Waals surface area contributed by atoms with Gasteiger partial charge in [0.05, 0.1) is 60.0 Å². The molecule has 3 unspecified atom stereocenters. The standard InChI is InChI=1S/C54H67FN8O10S/c1-32-47(74-31-58-32)33-11-12-34(24-57-49(66)42-23-37(64)28-63(42)51(68)48(53(2,3)4)60-52(69)54(55)14-15-54)43(20-33)73-19-18-72-17-9-8-10-46(65)59-36-26-62(27-36)30-41-44(70-6)21-35(22-45(41)71-7)40-29-61(5)50(67)39-25-56-16-13-38(39)40/h11-13,16,20-22,25,29,31,36-37,42,48,64H,8-10,14-15,17-19,23-24,26-28,30H2,1-7H3,(H,57,66)(H,59,65)(H,60,69). The van der Waals surface area contributed by atoms with Crippen LogP contribution in [0.2, 0.25) is 0 Å². The fourth-order valence-electron chi connectivity index (χ4n) is 9.53. The average molecular weight is 1040 g/mol. The number of amides is 4. The highest BCUT2D eigenvalue weighted by Gasteiger charge is 2.53. The third-order valence-electron chi connectivity index (χ3n) is 13.9. The normalized spacial score (nSPS) is 17.9. The number of rotatable bonds is 22. The van der Waals surface area contributed by atoms with Crippen molar-refractivity contribution >= 4 is 45.7 Å². The van der Waals surface area contributed by atoms with Crippen molar-refractivity contribution in [2.45, 2.75) is 109 Å². The SMILES string of the molecule is COc1cc(-c2cn(C)c(=O)c3cnccc23)cc(OC)c1CN1CC(NC(=O)CCCCOCCOc2cc(-c3scnc3C)ccc2CNC(=O)C2CC(O)CN2C(=O)C(NC(=O)C2(F)CC2)C(C)(C)C)C1. The smallest absolute Gasteiger partial charge is 0.259 e. The number of hydrogen-bond acceptors (Lipinski definition) is 14. The van der Waals surface area contributed by atoms with E-state index in [1.54, 1.807) is 64.5 Å². The van der Waals surface area contributed by atoms with Crippen molar-refractivity contribution < 1.29 is 47.6 Å². The van der Waals surface area contributed by atoms with E-state index in [2.05, 4.69) is 30.8 Å². The predicted molar refractivity (Wildman–Crippen MR) is 278 cm³/mol. The van der Waals surface area contributed by atoms with Crippen molar-refractivity contribution in [3.8, 4) is 38.8 Å². The van der Waals surface area contributed by atoms with E-state index in [1.807, 2.05) is 49.5 Å². The molecule has 1 saturated carbocycles. The van der Waals surface area contributed by atoms with Gasteiger partial charge in [0.1, 0.15) is 35.9 Å². The predicted octanol–water partition coefficient (Wildman–Crippen LogP) is 5.23. The van der Waals surface area contributed by atoms with Crippen LogP contribution in [-0.4, -0.2) is 137 Å². The number of thiazole rings is 1. The van der Waals surface area contributed by atoms with Gasteiger partial charge in [-0.2, -0.15) is 0 Å². The van der Waals surface area contributed by atoms with Crippen LogP contribution in [0.25, 0.3) is 32.3 Å². The molecule has 3 atom stereocenters. The summed E-state index contributed by atoms with van der Waals surface area (Å²) in [4.78, 5) is 79.1. The van der Waals surface area contributed by atoms with Gasteiger partial charge in [-0.1, -0.05) is 32.9 Å². The Morgan fingerprint density at radius 2 is 1.69 bits per heavy atom. The first kappa shape index (κ1) is 53.8. The largest absolute Gasteiger partial charge is 0.496 e. The van der Waals surface area contributed by atoms with Crippen LogP contribution in [0.3, 0.4) is 0 Å². The minimum Gasteiger partial charge on any atom is -0.496 e. The number of alkyl halides is 1. The van der Waals surface area contributed by atoms with Crippen LogP contribution in [0, 0.1) is 12.3 Å². The number of carbonyl (C=O) groups is 4. The molecule has 4 N–H and O–H groups in total. The highest BCUT2D eigenvalue weighted by atomic mass is 32.1. The Balaban J connectivity index is 0.779. The van der Waals surface area contributed by atoms with E-state index in [9.17, 15) is 33.5 Å². The molecular weight excluding hydrogens is 972 g/mol. The Morgan fingerprint density at radius 3 is 2.36 bits per heavy atom. The van der Waals surface area contributed by atoms with Crippen LogP contribution in [0.4, 0.5) is 4.39 Å². The minimum absolute atomic E-state index is 0.00747. The van der Waals surface area contributed by atoms with Crippen LogP contribution < -0.4 is 35.7 Å². The van der Waals surface area contributed by atoms with Crippen molar-refractivity contribution in [3.63, 3.8) is 0 Å². The number of aryl methyl sites for hydroxylation is 2. The molecule has 5 aromatic rings. The molecule has 2 aromatic carbocycles. The highest BCUT2D eigenvalue weighted by molar-refractivity contribution is 7.13. The van der Waals surface area contributed by atoms with Crippen molar-refractivity contribution in [1.29, 1.82) is 0 Å². The molecule has 4 amide bonds. The van der Waals surface area contributed by atoms with Gasteiger partial charge in [-0.15, -0.1) is 11.3 Å². The first-order chi connectivity index (χ1) is 35.4. The van der Waals surface area contributed by atoms with E-state index in [1.165, 1.54) is 16.2 Å². The molecular formula is C54H67FN8O10S. The molecule has 0 spiro atoms. The van der Waals surface area contributed by atoms with E-state index in [0.29, 0.717) is 73.7 Å². The summed E-state index contributed by atoms with van der Waals surface area (Å²) in [6.45, 7) is 10.0. The molecule has 2 aliphatic heterocycles. The van der Waals surface area contributed by atoms with Crippen LogP contribution in [0.5, 0.6) is 17.2 Å². The minimum atomic E-state index is -1.98. The number of nitrogens with one attached hydrogen (secondary N) is 3. The quantitative estimate of drug-likeness (QED) is 0.0655. The summed E-state index contributed by atoms with van der Waals surface area (Å²) in [6.07, 6.45) is 6.00. The summed E-state index contributed by atoms with van der Waals surface area (Å²) in [5.74, 6) is -0.0401. The van der Waals surface area contributed by atoms with Crippen molar-refractivity contribution in [1.82, 2.24) is 40.3 Å². The third-order valence-corrected chi connectivity index (χ3v) is 14.9. The van der Waals surface area contributed by atoms with Crippen LogP contribution >= 0.6 is 11.3 Å². The number of aromatic nitrogens is 3. The Labute approximate surface area is 433 Å². The third kappa shape index (κ3) is 12.4. The van der Waals surface area contributed by atoms with Crippen LogP contribution in [0.1, 0.15) is 76.1 Å². The molecule has 3 aliphatic rings. The van der Waals surface area contributed by atoms with Crippen LogP contribution in [0.15, 0.2) is 65.3 Å². The number of β-amino-alcohol motifs (C(OH)–C–C–N with tert-alkyl or cyclic N) is 1. The topological polar surface area (TPSA) is 216 Å². The molecule has 20 heteroatoms. The summed E-state index contributed by atoms with van der Waals surface area (Å²) < 4.78 is 40.1. The Kier molecular flexibility index (Phi) is 16.7. The number of unbranched alkanes of at least 4 members (excludes halogenated alkanes) is 1. The summed E-state index contributed by atoms with van der Waals surface area (Å²) in [5.41, 5.74) is 3.91. The van der Waals surface area contributed by atoms with Crippen molar-refractivity contribution in [3.05, 3.63) is 87.7 Å². The number of likely N-dealkylation sites (tertiary alicyclic amines) is 2. The Bertz CT molecular complexity index is 2900. The zero-order chi connectivity index (χ0) is 52.9. The van der Waals surface area contributed by atoms with Crippen molar-refractivity contribution in [2.75, 3.05) is 53.7 Å². The molecule has 1 aliphatic carbocycles. The molecule has 5 heterocycles. The number of aliphatic hydroxyl groups excluding tert-OH is 1.